The van der Waals surface area contributed by atoms with Gasteiger partial charge in [0.05, 0.1) is 11.1 Å². The number of benzene rings is 1. The van der Waals surface area contributed by atoms with E-state index >= 15 is 0 Å². The molecule has 0 spiro atoms. The first-order chi connectivity index (χ1) is 12.8. The standard InChI is InChI=1S/C21H27NO6/c1-10-11(2)18(25)22(19(26)28-20(3,4)5)15-12(10)8-9-13-14(15)16(23)17(24)21(6,7)27-13/h8-9,16-17,23-24H,1-7H3/t16-,17-/m1/s1. The molecule has 0 aliphatic carbocycles. The third-order valence-corrected chi connectivity index (χ3v) is 5.15. The van der Waals surface area contributed by atoms with E-state index < -0.39 is 35.1 Å². The van der Waals surface area contributed by atoms with E-state index in [1.165, 1.54) is 0 Å². The van der Waals surface area contributed by atoms with Crippen LogP contribution in [0.3, 0.4) is 0 Å². The molecule has 0 fully saturated rings. The molecule has 0 saturated carbocycles. The maximum absolute atomic E-state index is 13.0. The molecule has 1 aliphatic heterocycles. The van der Waals surface area contributed by atoms with Crippen molar-refractivity contribution < 1.29 is 24.5 Å². The van der Waals surface area contributed by atoms with Gasteiger partial charge in [-0.05, 0) is 66.2 Å². The van der Waals surface area contributed by atoms with Crippen molar-refractivity contribution in [2.45, 2.75) is 71.9 Å². The first kappa shape index (κ1) is 20.4. The Kier molecular flexibility index (Phi) is 4.59. The minimum absolute atomic E-state index is 0.196. The fraction of sp³-hybridized carbons (Fsp3) is 0.524. The van der Waals surface area contributed by atoms with Crippen LogP contribution in [-0.4, -0.2) is 38.2 Å². The largest absolute Gasteiger partial charge is 0.485 e. The number of rotatable bonds is 0. The van der Waals surface area contributed by atoms with Gasteiger partial charge in [-0.1, -0.05) is 0 Å². The van der Waals surface area contributed by atoms with Gasteiger partial charge in [-0.25, -0.2) is 9.36 Å². The average molecular weight is 389 g/mol. The van der Waals surface area contributed by atoms with Crippen molar-refractivity contribution in [2.75, 3.05) is 0 Å². The lowest BCUT2D eigenvalue weighted by Gasteiger charge is -2.40. The number of aromatic nitrogens is 1. The van der Waals surface area contributed by atoms with Gasteiger partial charge in [0.1, 0.15) is 29.2 Å². The number of carbonyl (C=O) groups is 1. The highest BCUT2D eigenvalue weighted by Crippen LogP contribution is 2.43. The Morgan fingerprint density at radius 2 is 1.79 bits per heavy atom. The summed E-state index contributed by atoms with van der Waals surface area (Å²) in [5.41, 5.74) is -0.875. The van der Waals surface area contributed by atoms with E-state index in [0.717, 1.165) is 4.57 Å². The number of ether oxygens (including phenoxy) is 2. The molecular weight excluding hydrogens is 362 g/mol. The second-order valence-electron chi connectivity index (χ2n) is 8.84. The van der Waals surface area contributed by atoms with Crippen LogP contribution in [0.1, 0.15) is 57.4 Å². The Balaban J connectivity index is 2.44. The molecule has 7 heteroatoms. The predicted molar refractivity (Wildman–Crippen MR) is 105 cm³/mol. The molecule has 0 radical (unpaired) electrons. The number of aliphatic hydroxyl groups excluding tert-OH is 2. The van der Waals surface area contributed by atoms with Gasteiger partial charge in [0, 0.05) is 10.9 Å². The molecule has 2 atom stereocenters. The number of nitrogens with zero attached hydrogens (tertiary/aromatic N) is 1. The molecule has 2 N–H and O–H groups in total. The molecule has 1 aliphatic rings. The number of hydrogen-bond donors (Lipinski definition) is 2. The van der Waals surface area contributed by atoms with Crippen molar-refractivity contribution in [2.24, 2.45) is 0 Å². The smallest absolute Gasteiger partial charge is 0.422 e. The van der Waals surface area contributed by atoms with Gasteiger partial charge in [0.2, 0.25) is 0 Å². The van der Waals surface area contributed by atoms with E-state index in [0.29, 0.717) is 22.3 Å². The lowest BCUT2D eigenvalue weighted by Crippen LogP contribution is -2.49. The van der Waals surface area contributed by atoms with Gasteiger partial charge >= 0.3 is 6.09 Å². The summed E-state index contributed by atoms with van der Waals surface area (Å²) in [5, 5.41) is 22.0. The van der Waals surface area contributed by atoms with Crippen LogP contribution in [0.4, 0.5) is 4.79 Å². The zero-order valence-corrected chi connectivity index (χ0v) is 17.3. The summed E-state index contributed by atoms with van der Waals surface area (Å²) >= 11 is 0. The number of aryl methyl sites for hydroxylation is 1. The van der Waals surface area contributed by atoms with Gasteiger partial charge in [0.15, 0.2) is 0 Å². The highest BCUT2D eigenvalue weighted by atomic mass is 16.6. The number of pyridine rings is 1. The van der Waals surface area contributed by atoms with Gasteiger partial charge in [-0.3, -0.25) is 4.79 Å². The minimum atomic E-state index is -1.34. The topological polar surface area (TPSA) is 98.0 Å². The molecule has 1 aromatic heterocycles. The van der Waals surface area contributed by atoms with E-state index in [4.69, 9.17) is 9.47 Å². The molecule has 1 aromatic carbocycles. The van der Waals surface area contributed by atoms with E-state index in [9.17, 15) is 19.8 Å². The first-order valence-corrected chi connectivity index (χ1v) is 9.23. The van der Waals surface area contributed by atoms with Crippen molar-refractivity contribution in [3.8, 4) is 5.75 Å². The summed E-state index contributed by atoms with van der Waals surface area (Å²) < 4.78 is 12.2. The summed E-state index contributed by atoms with van der Waals surface area (Å²) in [4.78, 5) is 25.9. The zero-order chi connectivity index (χ0) is 21.2. The van der Waals surface area contributed by atoms with E-state index in [-0.39, 0.29) is 11.1 Å². The molecular formula is C21H27NO6. The fourth-order valence-electron chi connectivity index (χ4n) is 3.50. The highest BCUT2D eigenvalue weighted by Gasteiger charge is 2.44. The van der Waals surface area contributed by atoms with Crippen molar-refractivity contribution in [3.05, 3.63) is 39.2 Å². The van der Waals surface area contributed by atoms with Crippen LogP contribution in [0.2, 0.25) is 0 Å². The van der Waals surface area contributed by atoms with Crippen molar-refractivity contribution in [3.63, 3.8) is 0 Å². The molecule has 28 heavy (non-hydrogen) atoms. The molecule has 7 nitrogen and oxygen atoms in total. The Morgan fingerprint density at radius 3 is 2.36 bits per heavy atom. The molecule has 0 unspecified atom stereocenters. The maximum atomic E-state index is 13.0. The molecule has 3 rings (SSSR count). The second-order valence-corrected chi connectivity index (χ2v) is 8.84. The number of aliphatic hydroxyl groups is 2. The first-order valence-electron chi connectivity index (χ1n) is 9.23. The monoisotopic (exact) mass is 389 g/mol. The lowest BCUT2D eigenvalue weighted by atomic mass is 9.86. The van der Waals surface area contributed by atoms with Crippen LogP contribution >= 0.6 is 0 Å². The highest BCUT2D eigenvalue weighted by molar-refractivity contribution is 5.94. The fourth-order valence-corrected chi connectivity index (χ4v) is 3.50. The third-order valence-electron chi connectivity index (χ3n) is 5.15. The Morgan fingerprint density at radius 1 is 1.18 bits per heavy atom. The molecule has 152 valence electrons. The Labute approximate surface area is 163 Å². The maximum Gasteiger partial charge on any atom is 0.422 e. The van der Waals surface area contributed by atoms with Crippen LogP contribution in [-0.2, 0) is 4.74 Å². The lowest BCUT2D eigenvalue weighted by molar-refractivity contribution is -0.111. The SMILES string of the molecule is Cc1c(C)c2ccc3c(c2n(C(=O)OC(C)(C)C)c1=O)[C@@H](O)[C@@H](O)C(C)(C)O3. The summed E-state index contributed by atoms with van der Waals surface area (Å²) in [5.74, 6) is 0.315. The zero-order valence-electron chi connectivity index (χ0n) is 17.3. The third kappa shape index (κ3) is 3.08. The average Bonchev–Trinajstić information content (AvgIpc) is 2.55. The number of carbonyl (C=O) groups excluding carboxylic acids is 1. The van der Waals surface area contributed by atoms with Gasteiger partial charge < -0.3 is 19.7 Å². The molecule has 0 bridgehead atoms. The summed E-state index contributed by atoms with van der Waals surface area (Å²) in [6, 6.07) is 3.43. The van der Waals surface area contributed by atoms with E-state index in [1.54, 1.807) is 60.6 Å². The second kappa shape index (κ2) is 6.32. The molecule has 2 aromatic rings. The van der Waals surface area contributed by atoms with Crippen LogP contribution in [0.15, 0.2) is 16.9 Å². The van der Waals surface area contributed by atoms with Crippen molar-refractivity contribution >= 4 is 17.0 Å². The minimum Gasteiger partial charge on any atom is -0.485 e. The quantitative estimate of drug-likeness (QED) is 0.719. The Bertz CT molecular complexity index is 1030. The summed E-state index contributed by atoms with van der Waals surface area (Å²) in [7, 11) is 0. The predicted octanol–water partition coefficient (Wildman–Crippen LogP) is 2.97. The number of hydrogen-bond acceptors (Lipinski definition) is 6. The van der Waals surface area contributed by atoms with Crippen molar-refractivity contribution in [1.29, 1.82) is 0 Å². The Hall–Kier alpha value is -2.38. The molecule has 0 amide bonds. The van der Waals surface area contributed by atoms with Crippen LogP contribution in [0, 0.1) is 13.8 Å². The summed E-state index contributed by atoms with van der Waals surface area (Å²) in [6.07, 6.45) is -3.42. The molecule has 0 saturated heterocycles. The normalized spacial score (nSPS) is 21.2. The van der Waals surface area contributed by atoms with Crippen LogP contribution < -0.4 is 10.3 Å². The van der Waals surface area contributed by atoms with Crippen LogP contribution in [0.25, 0.3) is 10.9 Å². The summed E-state index contributed by atoms with van der Waals surface area (Å²) in [6.45, 7) is 11.9. The van der Waals surface area contributed by atoms with Gasteiger partial charge in [-0.15, -0.1) is 0 Å². The van der Waals surface area contributed by atoms with Gasteiger partial charge in [-0.2, -0.15) is 0 Å². The van der Waals surface area contributed by atoms with Crippen molar-refractivity contribution in [1.82, 2.24) is 4.57 Å². The molecule has 2 heterocycles. The van der Waals surface area contributed by atoms with Gasteiger partial charge in [0.25, 0.3) is 5.56 Å². The van der Waals surface area contributed by atoms with Crippen LogP contribution in [0.5, 0.6) is 5.75 Å². The van der Waals surface area contributed by atoms with E-state index in [2.05, 4.69) is 0 Å². The van der Waals surface area contributed by atoms with E-state index in [1.807, 2.05) is 0 Å². The number of fused-ring (bicyclic) bond motifs is 3.